The van der Waals surface area contributed by atoms with Gasteiger partial charge in [0, 0.05) is 27.1 Å². The molecule has 0 atom stereocenters. The van der Waals surface area contributed by atoms with Gasteiger partial charge in [0.2, 0.25) is 5.78 Å². The third-order valence-electron chi connectivity index (χ3n) is 6.45. The molecule has 1 fully saturated rings. The van der Waals surface area contributed by atoms with Gasteiger partial charge < -0.3 is 9.30 Å². The highest BCUT2D eigenvalue weighted by atomic mass is 79.9. The van der Waals surface area contributed by atoms with Crippen LogP contribution in [0.5, 0.6) is 0 Å². The number of carbonyl (C=O) groups excluding carboxylic acids is 2. The fraction of sp³-hybridized carbons (Fsp3) is 0.520. The number of aromatic nitrogens is 1. The predicted octanol–water partition coefficient (Wildman–Crippen LogP) is 6.44. The molecule has 1 heterocycles. The molecule has 0 N–H and O–H groups in total. The first-order chi connectivity index (χ1) is 14.1. The number of aryl methyl sites for hydroxylation is 1. The minimum absolute atomic E-state index is 0.0772. The van der Waals surface area contributed by atoms with Crippen LogP contribution in [0.3, 0.4) is 0 Å². The summed E-state index contributed by atoms with van der Waals surface area (Å²) in [5, 5.41) is 0. The largest absolute Gasteiger partial charge is 0.457 e. The lowest BCUT2D eigenvalue weighted by atomic mass is 9.70. The van der Waals surface area contributed by atoms with Crippen molar-refractivity contribution in [2.75, 3.05) is 6.61 Å². The summed E-state index contributed by atoms with van der Waals surface area (Å²) in [7, 11) is 0. The molecule has 1 aromatic heterocycles. The Balaban J connectivity index is 1.61. The lowest BCUT2D eigenvalue weighted by Gasteiger charge is -2.36. The van der Waals surface area contributed by atoms with Gasteiger partial charge in [0.25, 0.3) is 0 Å². The van der Waals surface area contributed by atoms with Crippen molar-refractivity contribution >= 4 is 27.7 Å². The van der Waals surface area contributed by atoms with E-state index in [1.807, 2.05) is 44.2 Å². The summed E-state index contributed by atoms with van der Waals surface area (Å²) in [5.41, 5.74) is 3.73. The van der Waals surface area contributed by atoms with Crippen LogP contribution in [0.2, 0.25) is 0 Å². The highest BCUT2D eigenvalue weighted by Crippen LogP contribution is 2.40. The zero-order chi connectivity index (χ0) is 22.1. The van der Waals surface area contributed by atoms with Crippen LogP contribution in [0.1, 0.15) is 68.2 Å². The summed E-state index contributed by atoms with van der Waals surface area (Å²) < 4.78 is 8.50. The number of esters is 1. The van der Waals surface area contributed by atoms with Gasteiger partial charge in [-0.15, -0.1) is 0 Å². The lowest BCUT2D eigenvalue weighted by Crippen LogP contribution is -2.30. The molecular weight excluding hydrogens is 442 g/mol. The van der Waals surface area contributed by atoms with Gasteiger partial charge in [-0.2, -0.15) is 0 Å². The van der Waals surface area contributed by atoms with Crippen LogP contribution >= 0.6 is 15.9 Å². The van der Waals surface area contributed by atoms with E-state index in [2.05, 4.69) is 41.3 Å². The monoisotopic (exact) mass is 473 g/mol. The van der Waals surface area contributed by atoms with E-state index in [0.29, 0.717) is 11.5 Å². The quantitative estimate of drug-likeness (QED) is 0.370. The number of ketones is 1. The Hall–Kier alpha value is -1.88. The van der Waals surface area contributed by atoms with E-state index in [0.717, 1.165) is 47.2 Å². The average Bonchev–Trinajstić information content (AvgIpc) is 3.00. The van der Waals surface area contributed by atoms with E-state index in [1.54, 1.807) is 0 Å². The molecule has 30 heavy (non-hydrogen) atoms. The number of ether oxygens (including phenoxy) is 1. The first kappa shape index (κ1) is 22.8. The van der Waals surface area contributed by atoms with Crippen LogP contribution in [0.25, 0.3) is 5.69 Å². The third-order valence-corrected chi connectivity index (χ3v) is 6.98. The maximum Gasteiger partial charge on any atom is 0.309 e. The van der Waals surface area contributed by atoms with Gasteiger partial charge in [-0.1, -0.05) is 36.7 Å². The Morgan fingerprint density at radius 1 is 1.07 bits per heavy atom. The molecule has 1 saturated carbocycles. The Morgan fingerprint density at radius 2 is 1.67 bits per heavy atom. The molecule has 1 aromatic carbocycles. The molecule has 1 aliphatic carbocycles. The van der Waals surface area contributed by atoms with E-state index in [9.17, 15) is 9.59 Å². The molecule has 0 spiro atoms. The van der Waals surface area contributed by atoms with Gasteiger partial charge in [-0.05, 0) is 81.2 Å². The topological polar surface area (TPSA) is 48.3 Å². The smallest absolute Gasteiger partial charge is 0.309 e. The van der Waals surface area contributed by atoms with Crippen molar-refractivity contribution in [1.82, 2.24) is 4.57 Å². The van der Waals surface area contributed by atoms with Crippen molar-refractivity contribution in [1.29, 1.82) is 0 Å². The van der Waals surface area contributed by atoms with Crippen molar-refractivity contribution in [2.24, 2.45) is 17.3 Å². The maximum absolute atomic E-state index is 12.8. The van der Waals surface area contributed by atoms with Gasteiger partial charge in [0.15, 0.2) is 6.61 Å². The second kappa shape index (κ2) is 9.09. The molecule has 0 amide bonds. The van der Waals surface area contributed by atoms with Crippen LogP contribution in [0.15, 0.2) is 34.8 Å². The summed E-state index contributed by atoms with van der Waals surface area (Å²) in [4.78, 5) is 25.3. The highest BCUT2D eigenvalue weighted by molar-refractivity contribution is 9.10. The number of hydrogen-bond acceptors (Lipinski definition) is 3. The van der Waals surface area contributed by atoms with E-state index in [4.69, 9.17) is 4.74 Å². The first-order valence-electron chi connectivity index (χ1n) is 10.7. The molecule has 0 bridgehead atoms. The minimum atomic E-state index is -0.225. The summed E-state index contributed by atoms with van der Waals surface area (Å²) in [6, 6.07) is 9.85. The fourth-order valence-electron chi connectivity index (χ4n) is 4.56. The van der Waals surface area contributed by atoms with Crippen LogP contribution in [-0.2, 0) is 9.53 Å². The predicted molar refractivity (Wildman–Crippen MR) is 123 cm³/mol. The Morgan fingerprint density at radius 3 is 2.23 bits per heavy atom. The van der Waals surface area contributed by atoms with Gasteiger partial charge >= 0.3 is 5.97 Å². The number of nitrogens with zero attached hydrogens (tertiary/aromatic N) is 1. The summed E-state index contributed by atoms with van der Waals surface area (Å²) in [5.74, 6) is 0.194. The number of halogens is 1. The normalized spacial score (nSPS) is 19.5. The zero-order valence-corrected chi connectivity index (χ0v) is 20.2. The third kappa shape index (κ3) is 5.05. The molecule has 0 unspecified atom stereocenters. The summed E-state index contributed by atoms with van der Waals surface area (Å²) >= 11 is 3.45. The zero-order valence-electron chi connectivity index (χ0n) is 18.6. The molecule has 1 aliphatic rings. The van der Waals surface area contributed by atoms with E-state index < -0.39 is 0 Å². The number of rotatable bonds is 5. The van der Waals surface area contributed by atoms with Gasteiger partial charge in [0.05, 0.1) is 5.92 Å². The molecule has 3 rings (SSSR count). The van der Waals surface area contributed by atoms with Crippen LogP contribution in [-0.4, -0.2) is 22.9 Å². The number of Topliss-reactive ketones (excluding diaryl/α,β-unsaturated/α-hetero) is 1. The molecule has 0 radical (unpaired) electrons. The second-order valence-electron chi connectivity index (χ2n) is 9.54. The fourth-order valence-corrected chi connectivity index (χ4v) is 4.82. The summed E-state index contributed by atoms with van der Waals surface area (Å²) in [6.07, 6.45) is 3.80. The number of carbonyl (C=O) groups is 2. The molecule has 0 saturated heterocycles. The molecule has 0 aliphatic heterocycles. The second-order valence-corrected chi connectivity index (χ2v) is 10.5. The molecule has 4 nitrogen and oxygen atoms in total. The van der Waals surface area contributed by atoms with Crippen LogP contribution in [0, 0.1) is 31.1 Å². The minimum Gasteiger partial charge on any atom is -0.457 e. The number of hydrogen-bond donors (Lipinski definition) is 0. The van der Waals surface area contributed by atoms with E-state index in [-0.39, 0.29) is 29.7 Å². The van der Waals surface area contributed by atoms with E-state index in [1.165, 1.54) is 0 Å². The first-order valence-corrected chi connectivity index (χ1v) is 11.5. The van der Waals surface area contributed by atoms with Crippen molar-refractivity contribution in [3.8, 4) is 5.69 Å². The van der Waals surface area contributed by atoms with Crippen molar-refractivity contribution in [2.45, 2.75) is 60.3 Å². The molecule has 5 heteroatoms. The van der Waals surface area contributed by atoms with Crippen LogP contribution in [0.4, 0.5) is 0 Å². The Kier molecular flexibility index (Phi) is 6.91. The van der Waals surface area contributed by atoms with Crippen LogP contribution < -0.4 is 0 Å². The molecule has 162 valence electrons. The van der Waals surface area contributed by atoms with Gasteiger partial charge in [0.1, 0.15) is 0 Å². The van der Waals surface area contributed by atoms with E-state index >= 15 is 0 Å². The number of benzene rings is 1. The van der Waals surface area contributed by atoms with Crippen molar-refractivity contribution in [3.05, 3.63) is 51.8 Å². The molecular formula is C25H32BrNO3. The molecule has 2 aromatic rings. The summed E-state index contributed by atoms with van der Waals surface area (Å²) in [6.45, 7) is 10.5. The maximum atomic E-state index is 12.8. The average molecular weight is 474 g/mol. The van der Waals surface area contributed by atoms with Gasteiger partial charge in [-0.3, -0.25) is 9.59 Å². The standard InChI is InChI=1S/C25H32BrNO3/c1-16-14-22(17(2)27(16)21-12-10-20(26)11-13-21)23(28)15-30-24(29)18-6-8-19(9-7-18)25(3,4)5/h10-14,18-19H,6-9,15H2,1-5H3. The van der Waals surface area contributed by atoms with Crippen molar-refractivity contribution in [3.63, 3.8) is 0 Å². The highest BCUT2D eigenvalue weighted by Gasteiger charge is 2.33. The van der Waals surface area contributed by atoms with Crippen molar-refractivity contribution < 1.29 is 14.3 Å². The SMILES string of the molecule is Cc1cc(C(=O)COC(=O)C2CCC(C(C)(C)C)CC2)c(C)n1-c1ccc(Br)cc1. The lowest BCUT2D eigenvalue weighted by molar-refractivity contribution is -0.149. The Labute approximate surface area is 188 Å². The Bertz CT molecular complexity index is 913. The van der Waals surface area contributed by atoms with Gasteiger partial charge in [-0.25, -0.2) is 0 Å².